The summed E-state index contributed by atoms with van der Waals surface area (Å²) in [7, 11) is 1.62. The van der Waals surface area contributed by atoms with Crippen LogP contribution in [0.5, 0.6) is 0 Å². The van der Waals surface area contributed by atoms with Crippen LogP contribution in [0.3, 0.4) is 0 Å². The standard InChI is InChI=1S/C25H28N2O6/c1-17-14-20(18(2)27(17)11-13-31-3)22(28)16-33-25(30)21(15-19-8-5-4-6-9-19)26-24(29)23-10-7-12-32-23/h4-10,12,14,21H,11,13,15-16H2,1-3H3,(H,26,29)/t21-/m0/s1. The second-order valence-electron chi connectivity index (χ2n) is 7.65. The summed E-state index contributed by atoms with van der Waals surface area (Å²) < 4.78 is 17.5. The topological polar surface area (TPSA) is 99.8 Å². The molecule has 2 heterocycles. The molecule has 0 radical (unpaired) electrons. The molecular formula is C25H28N2O6. The number of esters is 1. The van der Waals surface area contributed by atoms with E-state index in [4.69, 9.17) is 13.9 Å². The second kappa shape index (κ2) is 11.3. The highest BCUT2D eigenvalue weighted by atomic mass is 16.5. The molecule has 3 aromatic rings. The average Bonchev–Trinajstić information content (AvgIpc) is 3.45. The number of aromatic nitrogens is 1. The molecule has 8 heteroatoms. The molecule has 1 amide bonds. The Labute approximate surface area is 192 Å². The Hall–Kier alpha value is -3.65. The zero-order chi connectivity index (χ0) is 23.8. The first kappa shape index (κ1) is 24.0. The van der Waals surface area contributed by atoms with Gasteiger partial charge < -0.3 is 23.8 Å². The minimum Gasteiger partial charge on any atom is -0.459 e. The number of hydrogen-bond acceptors (Lipinski definition) is 6. The van der Waals surface area contributed by atoms with Crippen molar-refractivity contribution in [3.63, 3.8) is 0 Å². The van der Waals surface area contributed by atoms with Gasteiger partial charge in [-0.25, -0.2) is 4.79 Å². The third-order valence-electron chi connectivity index (χ3n) is 5.36. The summed E-state index contributed by atoms with van der Waals surface area (Å²) in [6.07, 6.45) is 1.59. The van der Waals surface area contributed by atoms with E-state index in [1.807, 2.05) is 48.7 Å². The summed E-state index contributed by atoms with van der Waals surface area (Å²) in [5, 5.41) is 2.64. The van der Waals surface area contributed by atoms with E-state index in [0.717, 1.165) is 17.0 Å². The number of carbonyl (C=O) groups excluding carboxylic acids is 3. The quantitative estimate of drug-likeness (QED) is 0.355. The number of ketones is 1. The van der Waals surface area contributed by atoms with Crippen molar-refractivity contribution < 1.29 is 28.3 Å². The Morgan fingerprint density at radius 1 is 1.09 bits per heavy atom. The van der Waals surface area contributed by atoms with Crippen LogP contribution in [0.1, 0.15) is 37.9 Å². The van der Waals surface area contributed by atoms with Gasteiger partial charge in [0, 0.05) is 37.0 Å². The number of rotatable bonds is 11. The molecule has 0 unspecified atom stereocenters. The molecule has 0 saturated carbocycles. The van der Waals surface area contributed by atoms with Crippen LogP contribution in [0.4, 0.5) is 0 Å². The number of methoxy groups -OCH3 is 1. The van der Waals surface area contributed by atoms with Gasteiger partial charge >= 0.3 is 5.97 Å². The number of amides is 1. The number of aryl methyl sites for hydroxylation is 1. The summed E-state index contributed by atoms with van der Waals surface area (Å²) in [5.41, 5.74) is 3.05. The minimum absolute atomic E-state index is 0.0837. The summed E-state index contributed by atoms with van der Waals surface area (Å²) in [6, 6.07) is 13.1. The maximum Gasteiger partial charge on any atom is 0.329 e. The van der Waals surface area contributed by atoms with E-state index in [9.17, 15) is 14.4 Å². The monoisotopic (exact) mass is 452 g/mol. The zero-order valence-corrected chi connectivity index (χ0v) is 19.0. The Balaban J connectivity index is 1.68. The van der Waals surface area contributed by atoms with E-state index in [1.165, 1.54) is 12.3 Å². The molecule has 0 aliphatic rings. The lowest BCUT2D eigenvalue weighted by Crippen LogP contribution is -2.43. The van der Waals surface area contributed by atoms with Crippen molar-refractivity contribution in [3.8, 4) is 0 Å². The molecule has 2 aromatic heterocycles. The number of carbonyl (C=O) groups is 3. The summed E-state index contributed by atoms with van der Waals surface area (Å²) in [6.45, 7) is 4.48. The van der Waals surface area contributed by atoms with Gasteiger partial charge in [0.15, 0.2) is 12.4 Å². The maximum atomic E-state index is 12.8. The van der Waals surface area contributed by atoms with Gasteiger partial charge in [-0.3, -0.25) is 9.59 Å². The average molecular weight is 453 g/mol. The van der Waals surface area contributed by atoms with Gasteiger partial charge in [-0.1, -0.05) is 30.3 Å². The van der Waals surface area contributed by atoms with Crippen LogP contribution >= 0.6 is 0 Å². The number of nitrogens with one attached hydrogen (secondary N) is 1. The number of ether oxygens (including phenoxy) is 2. The number of hydrogen-bond donors (Lipinski definition) is 1. The van der Waals surface area contributed by atoms with Crippen LogP contribution in [0, 0.1) is 13.8 Å². The molecule has 0 fully saturated rings. The van der Waals surface area contributed by atoms with E-state index < -0.39 is 24.5 Å². The van der Waals surface area contributed by atoms with Crippen molar-refractivity contribution in [2.45, 2.75) is 32.9 Å². The van der Waals surface area contributed by atoms with Crippen LogP contribution in [0.25, 0.3) is 0 Å². The highest BCUT2D eigenvalue weighted by Crippen LogP contribution is 2.16. The molecule has 0 saturated heterocycles. The number of furan rings is 1. The van der Waals surface area contributed by atoms with Crippen LogP contribution < -0.4 is 5.32 Å². The van der Waals surface area contributed by atoms with Crippen molar-refractivity contribution >= 4 is 17.7 Å². The van der Waals surface area contributed by atoms with Crippen molar-refractivity contribution in [1.29, 1.82) is 0 Å². The zero-order valence-electron chi connectivity index (χ0n) is 19.0. The lowest BCUT2D eigenvalue weighted by atomic mass is 10.1. The molecule has 33 heavy (non-hydrogen) atoms. The smallest absolute Gasteiger partial charge is 0.329 e. The SMILES string of the molecule is COCCn1c(C)cc(C(=O)COC(=O)[C@H](Cc2ccccc2)NC(=O)c2ccco2)c1C. The van der Waals surface area contributed by atoms with Crippen molar-refractivity contribution in [2.75, 3.05) is 20.3 Å². The van der Waals surface area contributed by atoms with Gasteiger partial charge in [0.1, 0.15) is 6.04 Å². The molecule has 8 nitrogen and oxygen atoms in total. The second-order valence-corrected chi connectivity index (χ2v) is 7.65. The summed E-state index contributed by atoms with van der Waals surface area (Å²) in [4.78, 5) is 38.1. The van der Waals surface area contributed by atoms with Crippen molar-refractivity contribution in [1.82, 2.24) is 9.88 Å². The highest BCUT2D eigenvalue weighted by Gasteiger charge is 2.26. The Kier molecular flexibility index (Phi) is 8.21. The first-order valence-electron chi connectivity index (χ1n) is 10.6. The lowest BCUT2D eigenvalue weighted by molar-refractivity contribution is -0.144. The van der Waals surface area contributed by atoms with Crippen molar-refractivity contribution in [3.05, 3.63) is 83.1 Å². The number of benzene rings is 1. The molecule has 3 rings (SSSR count). The maximum absolute atomic E-state index is 12.8. The lowest BCUT2D eigenvalue weighted by Gasteiger charge is -2.17. The first-order chi connectivity index (χ1) is 15.9. The minimum atomic E-state index is -0.980. The molecule has 1 atom stereocenters. The third kappa shape index (κ3) is 6.20. The normalized spacial score (nSPS) is 11.7. The Bertz CT molecular complexity index is 1090. The van der Waals surface area contributed by atoms with Gasteiger partial charge in [-0.2, -0.15) is 0 Å². The largest absolute Gasteiger partial charge is 0.459 e. The molecule has 174 valence electrons. The predicted octanol–water partition coefficient (Wildman–Crippen LogP) is 3.11. The number of Topliss-reactive ketones (excluding diaryl/α,β-unsaturated/α-hetero) is 1. The summed E-state index contributed by atoms with van der Waals surface area (Å²) >= 11 is 0. The fraction of sp³-hybridized carbons (Fsp3) is 0.320. The fourth-order valence-electron chi connectivity index (χ4n) is 3.61. The molecule has 0 spiro atoms. The van der Waals surface area contributed by atoms with Gasteiger partial charge in [0.05, 0.1) is 12.9 Å². The van der Waals surface area contributed by atoms with Crippen LogP contribution in [-0.4, -0.2) is 48.6 Å². The molecule has 0 aliphatic heterocycles. The van der Waals surface area contributed by atoms with E-state index in [-0.39, 0.29) is 18.0 Å². The molecule has 1 aromatic carbocycles. The molecule has 0 bridgehead atoms. The third-order valence-corrected chi connectivity index (χ3v) is 5.36. The van der Waals surface area contributed by atoms with E-state index >= 15 is 0 Å². The Morgan fingerprint density at radius 2 is 1.85 bits per heavy atom. The van der Waals surface area contributed by atoms with Gasteiger partial charge in [0.2, 0.25) is 5.78 Å². The van der Waals surface area contributed by atoms with Crippen molar-refractivity contribution in [2.24, 2.45) is 0 Å². The first-order valence-corrected chi connectivity index (χ1v) is 10.6. The molecule has 1 N–H and O–H groups in total. The van der Waals surface area contributed by atoms with Gasteiger partial charge in [-0.05, 0) is 37.6 Å². The van der Waals surface area contributed by atoms with Crippen LogP contribution in [0.15, 0.2) is 59.2 Å². The van der Waals surface area contributed by atoms with E-state index in [2.05, 4.69) is 5.32 Å². The fourth-order valence-corrected chi connectivity index (χ4v) is 3.61. The molecule has 0 aliphatic carbocycles. The van der Waals surface area contributed by atoms with Crippen LogP contribution in [0.2, 0.25) is 0 Å². The highest BCUT2D eigenvalue weighted by molar-refractivity contribution is 6.00. The predicted molar refractivity (Wildman–Crippen MR) is 121 cm³/mol. The Morgan fingerprint density at radius 3 is 2.52 bits per heavy atom. The van der Waals surface area contributed by atoms with Gasteiger partial charge in [-0.15, -0.1) is 0 Å². The summed E-state index contributed by atoms with van der Waals surface area (Å²) in [5.74, 6) is -1.46. The number of nitrogens with zero attached hydrogens (tertiary/aromatic N) is 1. The van der Waals surface area contributed by atoms with E-state index in [1.54, 1.807) is 19.2 Å². The van der Waals surface area contributed by atoms with E-state index in [0.29, 0.717) is 18.7 Å². The van der Waals surface area contributed by atoms with Crippen LogP contribution in [-0.2, 0) is 27.2 Å². The van der Waals surface area contributed by atoms with Gasteiger partial charge in [0.25, 0.3) is 5.91 Å². The molecular weight excluding hydrogens is 424 g/mol.